The van der Waals surface area contributed by atoms with Crippen molar-refractivity contribution in [2.24, 2.45) is 0 Å². The van der Waals surface area contributed by atoms with Crippen LogP contribution in [0.5, 0.6) is 0 Å². The number of nitrogens with zero attached hydrogens (tertiary/aromatic N) is 2. The number of aryl methyl sites for hydroxylation is 1. The van der Waals surface area contributed by atoms with E-state index in [1.165, 1.54) is 18.2 Å². The normalized spacial score (nSPS) is 12.6. The zero-order chi connectivity index (χ0) is 13.1. The van der Waals surface area contributed by atoms with E-state index in [0.717, 1.165) is 12.4 Å². The molecule has 0 saturated carbocycles. The van der Waals surface area contributed by atoms with E-state index in [-0.39, 0.29) is 0 Å². The van der Waals surface area contributed by atoms with Crippen LogP contribution in [-0.2, 0) is 13.0 Å². The van der Waals surface area contributed by atoms with Crippen molar-refractivity contribution in [1.82, 2.24) is 9.55 Å². The topological polar surface area (TPSA) is 64.1 Å². The van der Waals surface area contributed by atoms with Crippen LogP contribution in [0.4, 0.5) is 10.1 Å². The van der Waals surface area contributed by atoms with Crippen LogP contribution >= 0.6 is 0 Å². The predicted molar refractivity (Wildman–Crippen MR) is 67.4 cm³/mol. The standard InChI is InChI=1S/C13H16FN3O/c1-2-17-6-5-16-13(17)8-12(18)10-7-9(14)3-4-11(10)15/h3-7,12,18H,2,8,15H2,1H3. The quantitative estimate of drug-likeness (QED) is 0.813. The van der Waals surface area contributed by atoms with Crippen LogP contribution in [0, 0.1) is 5.82 Å². The van der Waals surface area contributed by atoms with E-state index in [1.54, 1.807) is 6.20 Å². The van der Waals surface area contributed by atoms with Gasteiger partial charge in [0.05, 0.1) is 6.10 Å². The number of aliphatic hydroxyl groups excluding tert-OH is 1. The number of nitrogen functional groups attached to an aromatic ring is 1. The molecular weight excluding hydrogens is 233 g/mol. The fraction of sp³-hybridized carbons (Fsp3) is 0.308. The zero-order valence-corrected chi connectivity index (χ0v) is 10.2. The lowest BCUT2D eigenvalue weighted by Gasteiger charge is -2.14. The summed E-state index contributed by atoms with van der Waals surface area (Å²) in [6.07, 6.45) is 2.99. The van der Waals surface area contributed by atoms with Gasteiger partial charge in [0.1, 0.15) is 11.6 Å². The third-order valence-electron chi connectivity index (χ3n) is 2.93. The molecule has 2 aromatic rings. The van der Waals surface area contributed by atoms with Gasteiger partial charge in [-0.1, -0.05) is 0 Å². The number of benzene rings is 1. The maximum absolute atomic E-state index is 13.1. The van der Waals surface area contributed by atoms with E-state index < -0.39 is 11.9 Å². The molecule has 0 fully saturated rings. The Labute approximate surface area is 105 Å². The number of hydrogen-bond donors (Lipinski definition) is 2. The molecule has 5 heteroatoms. The summed E-state index contributed by atoms with van der Waals surface area (Å²) in [6, 6.07) is 4.00. The van der Waals surface area contributed by atoms with Gasteiger partial charge < -0.3 is 15.4 Å². The number of aromatic nitrogens is 2. The van der Waals surface area contributed by atoms with Crippen LogP contribution in [0.25, 0.3) is 0 Å². The van der Waals surface area contributed by atoms with E-state index in [2.05, 4.69) is 4.98 Å². The Morgan fingerprint density at radius 1 is 1.50 bits per heavy atom. The summed E-state index contributed by atoms with van der Waals surface area (Å²) in [4.78, 5) is 4.17. The molecule has 18 heavy (non-hydrogen) atoms. The number of halogens is 1. The van der Waals surface area contributed by atoms with Crippen LogP contribution in [-0.4, -0.2) is 14.7 Å². The monoisotopic (exact) mass is 249 g/mol. The number of rotatable bonds is 4. The van der Waals surface area contributed by atoms with Gasteiger partial charge in [-0.2, -0.15) is 0 Å². The average Bonchev–Trinajstić information content (AvgIpc) is 2.79. The van der Waals surface area contributed by atoms with Gasteiger partial charge >= 0.3 is 0 Å². The minimum absolute atomic E-state index is 0.314. The number of aliphatic hydroxyl groups is 1. The Bertz CT molecular complexity index is 539. The molecule has 3 N–H and O–H groups in total. The van der Waals surface area contributed by atoms with Crippen molar-refractivity contribution in [3.8, 4) is 0 Å². The summed E-state index contributed by atoms with van der Waals surface area (Å²) >= 11 is 0. The fourth-order valence-corrected chi connectivity index (χ4v) is 1.94. The molecule has 1 aromatic carbocycles. The van der Waals surface area contributed by atoms with Gasteiger partial charge in [0, 0.05) is 36.6 Å². The Morgan fingerprint density at radius 2 is 2.28 bits per heavy atom. The smallest absolute Gasteiger partial charge is 0.123 e. The van der Waals surface area contributed by atoms with Gasteiger partial charge in [0.2, 0.25) is 0 Å². The van der Waals surface area contributed by atoms with Crippen LogP contribution in [0.2, 0.25) is 0 Å². The molecule has 96 valence electrons. The second-order valence-corrected chi connectivity index (χ2v) is 4.12. The van der Waals surface area contributed by atoms with E-state index in [1.807, 2.05) is 17.7 Å². The van der Waals surface area contributed by atoms with Crippen LogP contribution in [0.1, 0.15) is 24.4 Å². The van der Waals surface area contributed by atoms with Crippen molar-refractivity contribution < 1.29 is 9.50 Å². The first-order valence-electron chi connectivity index (χ1n) is 5.84. The molecule has 0 aliphatic heterocycles. The van der Waals surface area contributed by atoms with Crippen LogP contribution in [0.3, 0.4) is 0 Å². The molecule has 0 spiro atoms. The highest BCUT2D eigenvalue weighted by Crippen LogP contribution is 2.24. The molecule has 0 radical (unpaired) electrons. The van der Waals surface area contributed by atoms with Gasteiger partial charge in [0.15, 0.2) is 0 Å². The summed E-state index contributed by atoms with van der Waals surface area (Å²) in [5.74, 6) is 0.353. The third-order valence-corrected chi connectivity index (χ3v) is 2.93. The largest absolute Gasteiger partial charge is 0.398 e. The van der Waals surface area contributed by atoms with E-state index in [0.29, 0.717) is 17.7 Å². The summed E-state index contributed by atoms with van der Waals surface area (Å²) in [7, 11) is 0. The Kier molecular flexibility index (Phi) is 3.62. The molecule has 0 aliphatic carbocycles. The lowest BCUT2D eigenvalue weighted by Crippen LogP contribution is -2.10. The summed E-state index contributed by atoms with van der Waals surface area (Å²) in [5, 5.41) is 10.1. The summed E-state index contributed by atoms with van der Waals surface area (Å²) < 4.78 is 15.1. The number of imidazole rings is 1. The first-order chi connectivity index (χ1) is 8.61. The summed E-state index contributed by atoms with van der Waals surface area (Å²) in [5.41, 5.74) is 6.53. The van der Waals surface area contributed by atoms with E-state index in [9.17, 15) is 9.50 Å². The number of anilines is 1. The van der Waals surface area contributed by atoms with Gasteiger partial charge in [0.25, 0.3) is 0 Å². The predicted octanol–water partition coefficient (Wildman–Crippen LogP) is 1.90. The van der Waals surface area contributed by atoms with Crippen LogP contribution < -0.4 is 5.73 Å². The molecule has 1 aromatic heterocycles. The van der Waals surface area contributed by atoms with Crippen molar-refractivity contribution in [1.29, 1.82) is 0 Å². The Balaban J connectivity index is 2.21. The Morgan fingerprint density at radius 3 is 3.00 bits per heavy atom. The highest BCUT2D eigenvalue weighted by molar-refractivity contribution is 5.48. The molecule has 1 heterocycles. The lowest BCUT2D eigenvalue weighted by atomic mass is 10.0. The Hall–Kier alpha value is -1.88. The molecule has 1 unspecified atom stereocenters. The second kappa shape index (κ2) is 5.18. The molecular formula is C13H16FN3O. The minimum Gasteiger partial charge on any atom is -0.398 e. The first kappa shape index (κ1) is 12.6. The van der Waals surface area contributed by atoms with Crippen molar-refractivity contribution >= 4 is 5.69 Å². The maximum atomic E-state index is 13.1. The molecule has 0 amide bonds. The van der Waals surface area contributed by atoms with Crippen molar-refractivity contribution in [3.05, 3.63) is 47.8 Å². The average molecular weight is 249 g/mol. The summed E-state index contributed by atoms with van der Waals surface area (Å²) in [6.45, 7) is 2.77. The molecule has 1 atom stereocenters. The van der Waals surface area contributed by atoms with Gasteiger partial charge in [-0.25, -0.2) is 9.37 Å². The highest BCUT2D eigenvalue weighted by Gasteiger charge is 2.15. The van der Waals surface area contributed by atoms with E-state index >= 15 is 0 Å². The lowest BCUT2D eigenvalue weighted by molar-refractivity contribution is 0.175. The number of nitrogens with two attached hydrogens (primary N) is 1. The van der Waals surface area contributed by atoms with Crippen molar-refractivity contribution in [2.45, 2.75) is 26.0 Å². The third kappa shape index (κ3) is 2.51. The molecule has 0 aliphatic rings. The SMILES string of the molecule is CCn1ccnc1CC(O)c1cc(F)ccc1N. The number of hydrogen-bond acceptors (Lipinski definition) is 3. The first-order valence-corrected chi connectivity index (χ1v) is 5.84. The van der Waals surface area contributed by atoms with Gasteiger partial charge in [-0.05, 0) is 25.1 Å². The zero-order valence-electron chi connectivity index (χ0n) is 10.2. The van der Waals surface area contributed by atoms with Gasteiger partial charge in [-0.15, -0.1) is 0 Å². The minimum atomic E-state index is -0.853. The molecule has 0 saturated heterocycles. The van der Waals surface area contributed by atoms with Crippen molar-refractivity contribution in [3.63, 3.8) is 0 Å². The molecule has 0 bridgehead atoms. The van der Waals surface area contributed by atoms with Crippen molar-refractivity contribution in [2.75, 3.05) is 5.73 Å². The van der Waals surface area contributed by atoms with E-state index in [4.69, 9.17) is 5.73 Å². The molecule has 4 nitrogen and oxygen atoms in total. The highest BCUT2D eigenvalue weighted by atomic mass is 19.1. The fourth-order valence-electron chi connectivity index (χ4n) is 1.94. The second-order valence-electron chi connectivity index (χ2n) is 4.12. The van der Waals surface area contributed by atoms with Crippen LogP contribution in [0.15, 0.2) is 30.6 Å². The van der Waals surface area contributed by atoms with Gasteiger partial charge in [-0.3, -0.25) is 0 Å². The molecule has 2 rings (SSSR count). The maximum Gasteiger partial charge on any atom is 0.123 e.